The molecule has 2 atom stereocenters. The van der Waals surface area contributed by atoms with Gasteiger partial charge in [-0.3, -0.25) is 4.79 Å². The van der Waals surface area contributed by atoms with Gasteiger partial charge in [0.2, 0.25) is 0 Å². The number of amides is 1. The fraction of sp³-hybridized carbons (Fsp3) is 0.370. The smallest absolute Gasteiger partial charge is 0.290 e. The number of hydrogen-bond acceptors (Lipinski definition) is 6. The number of alkyl halides is 3. The summed E-state index contributed by atoms with van der Waals surface area (Å²) < 4.78 is 48.6. The number of nitrogens with one attached hydrogen (secondary N) is 3. The number of carbonyl (C=O) groups is 1. The first-order chi connectivity index (χ1) is 18.3. The van der Waals surface area contributed by atoms with Gasteiger partial charge >= 0.3 is 0 Å². The Labute approximate surface area is 224 Å². The van der Waals surface area contributed by atoms with E-state index in [1.165, 1.54) is 7.11 Å². The summed E-state index contributed by atoms with van der Waals surface area (Å²) in [5, 5.41) is 9.29. The number of likely N-dealkylation sites (tertiary alicyclic amines) is 1. The zero-order chi connectivity index (χ0) is 27.2. The molecule has 0 radical (unpaired) electrons. The molecule has 7 nitrogen and oxygen atoms in total. The van der Waals surface area contributed by atoms with Gasteiger partial charge in [0.15, 0.2) is 0 Å². The Kier molecular flexibility index (Phi) is 8.97. The maximum atomic E-state index is 14.7. The number of fused-ring (bicyclic) bond motifs is 1. The lowest BCUT2D eigenvalue weighted by atomic mass is 10.0. The highest BCUT2D eigenvalue weighted by Crippen LogP contribution is 2.34. The summed E-state index contributed by atoms with van der Waals surface area (Å²) in [6.45, 7) is 1.30. The normalized spacial score (nSPS) is 17.7. The van der Waals surface area contributed by atoms with Crippen molar-refractivity contribution in [2.75, 3.05) is 51.5 Å². The molecule has 3 heterocycles. The van der Waals surface area contributed by atoms with Crippen molar-refractivity contribution in [2.24, 2.45) is 0 Å². The molecule has 0 unspecified atom stereocenters. The van der Waals surface area contributed by atoms with Gasteiger partial charge in [-0.15, -0.1) is 0 Å². The van der Waals surface area contributed by atoms with Crippen molar-refractivity contribution in [2.45, 2.75) is 29.4 Å². The van der Waals surface area contributed by atoms with Gasteiger partial charge in [0.25, 0.3) is 11.7 Å². The van der Waals surface area contributed by atoms with Gasteiger partial charge in [0.1, 0.15) is 16.9 Å². The summed E-state index contributed by atoms with van der Waals surface area (Å²) in [6, 6.07) is 9.94. The molecule has 1 amide bonds. The van der Waals surface area contributed by atoms with Crippen molar-refractivity contribution in [3.05, 3.63) is 53.7 Å². The molecule has 2 aromatic heterocycles. The SMILES string of the molecule is CNC(=O)c1ccc(OC)c(NCC#Cc2cc3c(N[C@@H]4CCN(C)C[C@@H]4F)cccn3c2SC(F)F)c1. The van der Waals surface area contributed by atoms with Crippen molar-refractivity contribution in [3.63, 3.8) is 0 Å². The highest BCUT2D eigenvalue weighted by Gasteiger charge is 2.28. The van der Waals surface area contributed by atoms with Crippen LogP contribution in [0, 0.1) is 11.8 Å². The maximum absolute atomic E-state index is 14.7. The molecule has 11 heteroatoms. The topological polar surface area (TPSA) is 70.0 Å². The number of nitrogens with zero attached hydrogens (tertiary/aromatic N) is 2. The second-order valence-electron chi connectivity index (χ2n) is 8.89. The van der Waals surface area contributed by atoms with E-state index >= 15 is 0 Å². The molecule has 1 saturated heterocycles. The molecular weight excluding hydrogens is 515 g/mol. The standard InChI is InChI=1S/C27H30F3N5O2S/c1-31-25(36)17-8-9-24(37-3)22(14-17)32-11-4-6-18-15-23-21(33-20-10-13-34(2)16-19(20)28)7-5-12-35(23)26(18)38-27(29)30/h5,7-9,12,14-15,19-20,27,32-33H,10-11,13,16H2,1-3H3,(H,31,36)/t19-,20+/m0/s1. The summed E-state index contributed by atoms with van der Waals surface area (Å²) in [5.74, 6) is 3.64. The third-order valence-electron chi connectivity index (χ3n) is 6.33. The number of pyridine rings is 1. The maximum Gasteiger partial charge on any atom is 0.290 e. The first kappa shape index (κ1) is 27.5. The van der Waals surface area contributed by atoms with E-state index in [-0.39, 0.29) is 18.5 Å². The van der Waals surface area contributed by atoms with Crippen molar-refractivity contribution >= 4 is 34.6 Å². The molecule has 1 aliphatic heterocycles. The summed E-state index contributed by atoms with van der Waals surface area (Å²) in [7, 11) is 4.96. The molecule has 1 aromatic carbocycles. The number of rotatable bonds is 8. The van der Waals surface area contributed by atoms with Crippen LogP contribution in [-0.4, -0.2) is 74.0 Å². The van der Waals surface area contributed by atoms with Gasteiger partial charge in [-0.25, -0.2) is 4.39 Å². The lowest BCUT2D eigenvalue weighted by Gasteiger charge is -2.33. The van der Waals surface area contributed by atoms with Gasteiger partial charge in [-0.2, -0.15) is 8.78 Å². The summed E-state index contributed by atoms with van der Waals surface area (Å²) in [6.07, 6.45) is 1.30. The molecule has 0 bridgehead atoms. The number of aromatic nitrogens is 1. The number of ether oxygens (including phenoxy) is 1. The number of benzene rings is 1. The van der Waals surface area contributed by atoms with Crippen LogP contribution < -0.4 is 20.7 Å². The fourth-order valence-electron chi connectivity index (χ4n) is 4.42. The highest BCUT2D eigenvalue weighted by atomic mass is 32.2. The van der Waals surface area contributed by atoms with E-state index in [0.29, 0.717) is 63.5 Å². The largest absolute Gasteiger partial charge is 0.495 e. The monoisotopic (exact) mass is 545 g/mol. The minimum absolute atomic E-state index is 0.183. The van der Waals surface area contributed by atoms with Crippen LogP contribution in [0.15, 0.2) is 47.6 Å². The third kappa shape index (κ3) is 6.31. The molecule has 0 spiro atoms. The number of halogens is 3. The van der Waals surface area contributed by atoms with Crippen LogP contribution in [0.5, 0.6) is 5.75 Å². The second kappa shape index (κ2) is 12.4. The highest BCUT2D eigenvalue weighted by molar-refractivity contribution is 7.99. The van der Waals surface area contributed by atoms with E-state index in [9.17, 15) is 18.0 Å². The molecule has 0 aliphatic carbocycles. The zero-order valence-corrected chi connectivity index (χ0v) is 22.2. The Bertz CT molecular complexity index is 1350. The summed E-state index contributed by atoms with van der Waals surface area (Å²) in [4.78, 5) is 13.9. The number of piperidine rings is 1. The van der Waals surface area contributed by atoms with Gasteiger partial charge in [-0.1, -0.05) is 11.8 Å². The Morgan fingerprint density at radius 2 is 2.08 bits per heavy atom. The average molecular weight is 546 g/mol. The van der Waals surface area contributed by atoms with Crippen molar-refractivity contribution in [3.8, 4) is 17.6 Å². The number of anilines is 2. The Balaban J connectivity index is 1.59. The van der Waals surface area contributed by atoms with Crippen LogP contribution in [-0.2, 0) is 0 Å². The summed E-state index contributed by atoms with van der Waals surface area (Å²) in [5.41, 5.74) is 2.80. The van der Waals surface area contributed by atoms with Crippen molar-refractivity contribution in [1.82, 2.24) is 14.6 Å². The van der Waals surface area contributed by atoms with Crippen LogP contribution in [0.4, 0.5) is 24.5 Å². The molecule has 1 fully saturated rings. The van der Waals surface area contributed by atoms with E-state index in [1.807, 2.05) is 18.0 Å². The van der Waals surface area contributed by atoms with Crippen LogP contribution in [0.3, 0.4) is 0 Å². The molecule has 1 aliphatic rings. The minimum atomic E-state index is -2.63. The minimum Gasteiger partial charge on any atom is -0.495 e. The average Bonchev–Trinajstić information content (AvgIpc) is 3.25. The van der Waals surface area contributed by atoms with Crippen LogP contribution in [0.2, 0.25) is 0 Å². The van der Waals surface area contributed by atoms with E-state index in [4.69, 9.17) is 4.74 Å². The number of thioether (sulfide) groups is 1. The lowest BCUT2D eigenvalue weighted by molar-refractivity contribution is 0.0963. The number of carbonyl (C=O) groups excluding carboxylic acids is 1. The number of methoxy groups -OCH3 is 1. The molecule has 0 saturated carbocycles. The predicted molar refractivity (Wildman–Crippen MR) is 145 cm³/mol. The zero-order valence-electron chi connectivity index (χ0n) is 21.4. The van der Waals surface area contributed by atoms with Crippen molar-refractivity contribution in [1.29, 1.82) is 0 Å². The van der Waals surface area contributed by atoms with Gasteiger partial charge in [-0.05, 0) is 61.6 Å². The first-order valence-corrected chi connectivity index (χ1v) is 13.0. The molecule has 4 rings (SSSR count). The second-order valence-corrected chi connectivity index (χ2v) is 9.86. The molecular formula is C27H30F3N5O2S. The van der Waals surface area contributed by atoms with E-state index < -0.39 is 11.9 Å². The van der Waals surface area contributed by atoms with Gasteiger partial charge in [0, 0.05) is 31.9 Å². The molecule has 202 valence electrons. The lowest BCUT2D eigenvalue weighted by Crippen LogP contribution is -2.46. The van der Waals surface area contributed by atoms with E-state index in [0.717, 1.165) is 6.54 Å². The van der Waals surface area contributed by atoms with E-state index in [2.05, 4.69) is 27.8 Å². The molecule has 3 aromatic rings. The van der Waals surface area contributed by atoms with Crippen LogP contribution >= 0.6 is 11.8 Å². The number of hydrogen-bond donors (Lipinski definition) is 3. The van der Waals surface area contributed by atoms with Gasteiger partial charge < -0.3 is 30.0 Å². The quantitative estimate of drug-likeness (QED) is 0.285. The predicted octanol–water partition coefficient (Wildman–Crippen LogP) is 4.54. The van der Waals surface area contributed by atoms with Crippen molar-refractivity contribution < 1.29 is 22.7 Å². The Morgan fingerprint density at radius 1 is 1.26 bits per heavy atom. The third-order valence-corrected chi connectivity index (χ3v) is 7.15. The Hall–Kier alpha value is -3.49. The van der Waals surface area contributed by atoms with Crippen LogP contribution in [0.1, 0.15) is 22.3 Å². The van der Waals surface area contributed by atoms with E-state index in [1.54, 1.807) is 48.0 Å². The van der Waals surface area contributed by atoms with Crippen LogP contribution in [0.25, 0.3) is 5.52 Å². The molecule has 38 heavy (non-hydrogen) atoms. The Morgan fingerprint density at radius 3 is 2.79 bits per heavy atom. The fourth-order valence-corrected chi connectivity index (χ4v) is 5.10. The summed E-state index contributed by atoms with van der Waals surface area (Å²) >= 11 is 0.419. The first-order valence-electron chi connectivity index (χ1n) is 12.1. The molecule has 3 N–H and O–H groups in total. The van der Waals surface area contributed by atoms with Gasteiger partial charge in [0.05, 0.1) is 42.2 Å².